The number of morpholine rings is 1. The molecular weight excluding hydrogens is 430 g/mol. The van der Waals surface area contributed by atoms with Gasteiger partial charge in [-0.05, 0) is 55.2 Å². The summed E-state index contributed by atoms with van der Waals surface area (Å²) in [5.41, 5.74) is 4.00. The van der Waals surface area contributed by atoms with Gasteiger partial charge in [0.05, 0.1) is 18.8 Å². The van der Waals surface area contributed by atoms with Crippen LogP contribution in [0.25, 0.3) is 0 Å². The number of carbonyl (C=O) groups excluding carboxylic acids is 2. The van der Waals surface area contributed by atoms with Gasteiger partial charge in [-0.3, -0.25) is 9.69 Å². The maximum absolute atomic E-state index is 13.2. The standard InChI is InChI=1S/C26H35N5O3/c1-2-20-6-5-7-21(18-20)28-26(33)29-22-8-9-24(31-11-3-4-12-31)23(19-22)25(32)27-10-13-30-14-16-34-17-15-30/h5-9,18-19H,2-4,10-17H2,1H3,(H,27,32)(H2,28,29,33). The minimum Gasteiger partial charge on any atom is -0.379 e. The molecule has 0 unspecified atom stereocenters. The Labute approximate surface area is 201 Å². The van der Waals surface area contributed by atoms with Crippen LogP contribution in [0.5, 0.6) is 0 Å². The molecule has 3 amide bonds. The Hall–Kier alpha value is -3.10. The number of amides is 3. The summed E-state index contributed by atoms with van der Waals surface area (Å²) >= 11 is 0. The zero-order valence-corrected chi connectivity index (χ0v) is 19.9. The molecule has 0 saturated carbocycles. The van der Waals surface area contributed by atoms with Gasteiger partial charge < -0.3 is 25.6 Å². The van der Waals surface area contributed by atoms with Crippen molar-refractivity contribution >= 4 is 29.0 Å². The van der Waals surface area contributed by atoms with Crippen molar-refractivity contribution in [1.82, 2.24) is 10.2 Å². The molecule has 2 aliphatic rings. The molecule has 0 atom stereocenters. The summed E-state index contributed by atoms with van der Waals surface area (Å²) in [5.74, 6) is -0.116. The number of aryl methyl sites for hydroxylation is 1. The van der Waals surface area contributed by atoms with Crippen LogP contribution in [0.2, 0.25) is 0 Å². The number of hydrogen-bond acceptors (Lipinski definition) is 5. The average Bonchev–Trinajstić information content (AvgIpc) is 3.39. The van der Waals surface area contributed by atoms with Crippen LogP contribution < -0.4 is 20.9 Å². The third-order valence-corrected chi connectivity index (χ3v) is 6.36. The minimum absolute atomic E-state index is 0.116. The van der Waals surface area contributed by atoms with Crippen LogP contribution in [0.4, 0.5) is 21.9 Å². The molecule has 2 fully saturated rings. The van der Waals surface area contributed by atoms with Crippen molar-refractivity contribution in [3.05, 3.63) is 53.6 Å². The highest BCUT2D eigenvalue weighted by molar-refractivity contribution is 6.04. The molecule has 0 bridgehead atoms. The molecule has 2 saturated heterocycles. The predicted molar refractivity (Wildman–Crippen MR) is 136 cm³/mol. The summed E-state index contributed by atoms with van der Waals surface area (Å²) in [5, 5.41) is 8.82. The van der Waals surface area contributed by atoms with Gasteiger partial charge in [0.25, 0.3) is 5.91 Å². The molecule has 4 rings (SSSR count). The van der Waals surface area contributed by atoms with Crippen molar-refractivity contribution in [2.75, 3.05) is 68.0 Å². The second-order valence-corrected chi connectivity index (χ2v) is 8.77. The number of benzene rings is 2. The van der Waals surface area contributed by atoms with Gasteiger partial charge in [-0.25, -0.2) is 4.79 Å². The second-order valence-electron chi connectivity index (χ2n) is 8.77. The molecule has 3 N–H and O–H groups in total. The second kappa shape index (κ2) is 11.9. The lowest BCUT2D eigenvalue weighted by atomic mass is 10.1. The number of anilines is 3. The fourth-order valence-electron chi connectivity index (χ4n) is 4.44. The van der Waals surface area contributed by atoms with Crippen LogP contribution in [-0.4, -0.2) is 69.3 Å². The number of carbonyl (C=O) groups is 2. The van der Waals surface area contributed by atoms with E-state index in [-0.39, 0.29) is 11.9 Å². The third kappa shape index (κ3) is 6.48. The Balaban J connectivity index is 1.42. The average molecular weight is 466 g/mol. The fraction of sp³-hybridized carbons (Fsp3) is 0.462. The molecular formula is C26H35N5O3. The van der Waals surface area contributed by atoms with Gasteiger partial charge >= 0.3 is 6.03 Å². The molecule has 2 aromatic carbocycles. The smallest absolute Gasteiger partial charge is 0.323 e. The quantitative estimate of drug-likeness (QED) is 0.555. The van der Waals surface area contributed by atoms with Crippen molar-refractivity contribution in [1.29, 1.82) is 0 Å². The molecule has 8 nitrogen and oxygen atoms in total. The first-order valence-corrected chi connectivity index (χ1v) is 12.3. The Kier molecular flexibility index (Phi) is 8.38. The molecule has 8 heteroatoms. The zero-order chi connectivity index (χ0) is 23.8. The monoisotopic (exact) mass is 465 g/mol. The summed E-state index contributed by atoms with van der Waals surface area (Å²) in [6.07, 6.45) is 3.15. The molecule has 34 heavy (non-hydrogen) atoms. The number of ether oxygens (including phenoxy) is 1. The van der Waals surface area contributed by atoms with Gasteiger partial charge in [-0.1, -0.05) is 19.1 Å². The fourth-order valence-corrected chi connectivity index (χ4v) is 4.44. The van der Waals surface area contributed by atoms with Crippen molar-refractivity contribution in [2.45, 2.75) is 26.2 Å². The number of nitrogens with one attached hydrogen (secondary N) is 3. The topological polar surface area (TPSA) is 85.9 Å². The van der Waals surface area contributed by atoms with Gasteiger partial charge in [0.15, 0.2) is 0 Å². The van der Waals surface area contributed by atoms with Crippen LogP contribution in [0.15, 0.2) is 42.5 Å². The normalized spacial score (nSPS) is 16.3. The van der Waals surface area contributed by atoms with Gasteiger partial charge in [0.1, 0.15) is 0 Å². The molecule has 2 heterocycles. The van der Waals surface area contributed by atoms with Gasteiger partial charge in [-0.15, -0.1) is 0 Å². The van der Waals surface area contributed by atoms with E-state index >= 15 is 0 Å². The highest BCUT2D eigenvalue weighted by atomic mass is 16.5. The number of hydrogen-bond donors (Lipinski definition) is 3. The maximum atomic E-state index is 13.2. The van der Waals surface area contributed by atoms with Crippen LogP contribution in [0, 0.1) is 0 Å². The van der Waals surface area contributed by atoms with E-state index in [1.807, 2.05) is 36.4 Å². The summed E-state index contributed by atoms with van der Waals surface area (Å²) in [4.78, 5) is 30.3. The maximum Gasteiger partial charge on any atom is 0.323 e. The van der Waals surface area contributed by atoms with Crippen molar-refractivity contribution in [3.8, 4) is 0 Å². The molecule has 0 aliphatic carbocycles. The largest absolute Gasteiger partial charge is 0.379 e. The van der Waals surface area contributed by atoms with E-state index in [1.54, 1.807) is 6.07 Å². The molecule has 0 spiro atoms. The lowest BCUT2D eigenvalue weighted by Crippen LogP contribution is -2.41. The van der Waals surface area contributed by atoms with Gasteiger partial charge in [0, 0.05) is 56.3 Å². The van der Waals surface area contributed by atoms with E-state index in [0.29, 0.717) is 17.8 Å². The van der Waals surface area contributed by atoms with Gasteiger partial charge in [-0.2, -0.15) is 0 Å². The Morgan fingerprint density at radius 2 is 1.68 bits per heavy atom. The van der Waals surface area contributed by atoms with Gasteiger partial charge in [0.2, 0.25) is 0 Å². The van der Waals surface area contributed by atoms with Crippen LogP contribution in [0.1, 0.15) is 35.7 Å². The Bertz CT molecular complexity index is 984. The van der Waals surface area contributed by atoms with E-state index in [4.69, 9.17) is 4.74 Å². The lowest BCUT2D eigenvalue weighted by Gasteiger charge is -2.26. The molecule has 0 aromatic heterocycles. The zero-order valence-electron chi connectivity index (χ0n) is 19.9. The molecule has 2 aromatic rings. The summed E-state index contributed by atoms with van der Waals surface area (Å²) in [7, 11) is 0. The SMILES string of the molecule is CCc1cccc(NC(=O)Nc2ccc(N3CCCC3)c(C(=O)NCCN3CCOCC3)c2)c1. The Morgan fingerprint density at radius 3 is 2.41 bits per heavy atom. The first kappa shape index (κ1) is 24.0. The van der Waals surface area contributed by atoms with E-state index in [9.17, 15) is 9.59 Å². The molecule has 182 valence electrons. The molecule has 0 radical (unpaired) electrons. The van der Waals surface area contributed by atoms with E-state index in [2.05, 4.69) is 32.7 Å². The first-order chi connectivity index (χ1) is 16.6. The third-order valence-electron chi connectivity index (χ3n) is 6.36. The summed E-state index contributed by atoms with van der Waals surface area (Å²) < 4.78 is 5.39. The summed E-state index contributed by atoms with van der Waals surface area (Å²) in [6, 6.07) is 13.0. The number of rotatable bonds is 8. The Morgan fingerprint density at radius 1 is 0.941 bits per heavy atom. The van der Waals surface area contributed by atoms with E-state index in [0.717, 1.165) is 82.1 Å². The minimum atomic E-state index is -0.333. The highest BCUT2D eigenvalue weighted by Crippen LogP contribution is 2.28. The lowest BCUT2D eigenvalue weighted by molar-refractivity contribution is 0.0383. The van der Waals surface area contributed by atoms with Crippen molar-refractivity contribution in [3.63, 3.8) is 0 Å². The van der Waals surface area contributed by atoms with Crippen LogP contribution in [0.3, 0.4) is 0 Å². The number of urea groups is 1. The predicted octanol–water partition coefficient (Wildman–Crippen LogP) is 3.56. The summed E-state index contributed by atoms with van der Waals surface area (Å²) in [6.45, 7) is 8.60. The highest BCUT2D eigenvalue weighted by Gasteiger charge is 2.21. The molecule has 2 aliphatic heterocycles. The first-order valence-electron chi connectivity index (χ1n) is 12.3. The van der Waals surface area contributed by atoms with Crippen LogP contribution >= 0.6 is 0 Å². The number of nitrogens with zero attached hydrogens (tertiary/aromatic N) is 2. The van der Waals surface area contributed by atoms with Crippen molar-refractivity contribution < 1.29 is 14.3 Å². The van der Waals surface area contributed by atoms with E-state index in [1.165, 1.54) is 0 Å². The van der Waals surface area contributed by atoms with Crippen molar-refractivity contribution in [2.24, 2.45) is 0 Å². The van der Waals surface area contributed by atoms with Crippen LogP contribution in [-0.2, 0) is 11.2 Å². The van der Waals surface area contributed by atoms with E-state index < -0.39 is 0 Å².